The maximum atomic E-state index is 12.1. The number of aromatic nitrogens is 2. The Kier molecular flexibility index (Phi) is 5.44. The van der Waals surface area contributed by atoms with Crippen LogP contribution in [-0.2, 0) is 21.6 Å². The first-order valence-electron chi connectivity index (χ1n) is 6.77. The number of ether oxygens (including phenoxy) is 1. The fourth-order valence-electron chi connectivity index (χ4n) is 2.32. The Labute approximate surface area is 118 Å². The average Bonchev–Trinajstić information content (AvgIpc) is 2.40. The van der Waals surface area contributed by atoms with Crippen molar-refractivity contribution in [3.63, 3.8) is 0 Å². The summed E-state index contributed by atoms with van der Waals surface area (Å²) in [5.74, 6) is -0.423. The van der Waals surface area contributed by atoms with E-state index in [1.54, 1.807) is 14.0 Å². The van der Waals surface area contributed by atoms with E-state index < -0.39 is 11.6 Å². The summed E-state index contributed by atoms with van der Waals surface area (Å²) in [5.41, 5.74) is 0.105. The van der Waals surface area contributed by atoms with Crippen LogP contribution in [-0.4, -0.2) is 28.2 Å². The van der Waals surface area contributed by atoms with Gasteiger partial charge in [0.1, 0.15) is 11.4 Å². The molecule has 2 N–H and O–H groups in total. The molecule has 0 radical (unpaired) electrons. The van der Waals surface area contributed by atoms with Crippen LogP contribution in [0, 0.1) is 6.92 Å². The number of aromatic amines is 1. The van der Waals surface area contributed by atoms with E-state index >= 15 is 0 Å². The second kappa shape index (κ2) is 6.65. The molecule has 1 heterocycles. The molecule has 0 spiro atoms. The number of rotatable bonds is 7. The van der Waals surface area contributed by atoms with E-state index in [1.807, 2.05) is 13.8 Å². The molecule has 1 aromatic rings. The maximum Gasteiger partial charge on any atom is 0.303 e. The average molecular weight is 282 g/mol. The number of carbonyl (C=O) groups is 1. The normalized spacial score (nSPS) is 11.6. The van der Waals surface area contributed by atoms with Crippen molar-refractivity contribution >= 4 is 5.97 Å². The van der Waals surface area contributed by atoms with Crippen molar-refractivity contribution in [2.75, 3.05) is 7.11 Å². The van der Waals surface area contributed by atoms with E-state index in [4.69, 9.17) is 9.84 Å². The number of aryl methyl sites for hydroxylation is 1. The fourth-order valence-corrected chi connectivity index (χ4v) is 2.32. The van der Waals surface area contributed by atoms with Gasteiger partial charge in [0.05, 0.1) is 0 Å². The van der Waals surface area contributed by atoms with Gasteiger partial charge in [0, 0.05) is 24.8 Å². The zero-order valence-electron chi connectivity index (χ0n) is 12.4. The van der Waals surface area contributed by atoms with Crippen molar-refractivity contribution in [1.82, 2.24) is 9.97 Å². The van der Waals surface area contributed by atoms with Crippen LogP contribution >= 0.6 is 0 Å². The molecular weight excluding hydrogens is 260 g/mol. The summed E-state index contributed by atoms with van der Waals surface area (Å²) in [4.78, 5) is 29.9. The number of carboxylic acid groups (broad SMARTS) is 1. The lowest BCUT2D eigenvalue weighted by atomic mass is 9.95. The summed E-state index contributed by atoms with van der Waals surface area (Å²) in [6.07, 6.45) is 1.48. The van der Waals surface area contributed by atoms with Gasteiger partial charge in [-0.3, -0.25) is 9.59 Å². The van der Waals surface area contributed by atoms with Crippen LogP contribution in [0.2, 0.25) is 0 Å². The van der Waals surface area contributed by atoms with Crippen LogP contribution in [0.25, 0.3) is 0 Å². The molecule has 1 rings (SSSR count). The van der Waals surface area contributed by atoms with Gasteiger partial charge in [0.15, 0.2) is 0 Å². The number of nitrogens with zero attached hydrogens (tertiary/aromatic N) is 1. The fraction of sp³-hybridized carbons (Fsp3) is 0.643. The van der Waals surface area contributed by atoms with Gasteiger partial charge in [-0.25, -0.2) is 4.98 Å². The Morgan fingerprint density at radius 1 is 1.40 bits per heavy atom. The zero-order chi connectivity index (χ0) is 15.3. The van der Waals surface area contributed by atoms with E-state index in [9.17, 15) is 9.59 Å². The molecule has 0 aromatic carbocycles. The molecule has 0 fully saturated rings. The lowest BCUT2D eigenvalue weighted by molar-refractivity contribution is -0.136. The summed E-state index contributed by atoms with van der Waals surface area (Å²) >= 11 is 0. The molecule has 0 aliphatic carbocycles. The Morgan fingerprint density at radius 3 is 2.40 bits per heavy atom. The molecule has 6 nitrogen and oxygen atoms in total. The monoisotopic (exact) mass is 282 g/mol. The molecule has 0 saturated carbocycles. The van der Waals surface area contributed by atoms with Crippen molar-refractivity contribution in [1.29, 1.82) is 0 Å². The van der Waals surface area contributed by atoms with Crippen molar-refractivity contribution in [2.45, 2.75) is 52.1 Å². The van der Waals surface area contributed by atoms with E-state index in [0.29, 0.717) is 29.9 Å². The van der Waals surface area contributed by atoms with Crippen LogP contribution in [0.3, 0.4) is 0 Å². The standard InChI is InChI=1S/C14H22N2O4/c1-5-14(6-2,20-4)13-15-9(3)10(12(19)16-13)7-8-11(17)18/h5-8H2,1-4H3,(H,17,18)(H,15,16,19). The quantitative estimate of drug-likeness (QED) is 0.795. The highest BCUT2D eigenvalue weighted by Gasteiger charge is 2.31. The van der Waals surface area contributed by atoms with Crippen LogP contribution in [0.15, 0.2) is 4.79 Å². The Balaban J connectivity index is 3.22. The smallest absolute Gasteiger partial charge is 0.303 e. The largest absolute Gasteiger partial charge is 0.481 e. The van der Waals surface area contributed by atoms with Crippen LogP contribution in [0.5, 0.6) is 0 Å². The molecule has 112 valence electrons. The highest BCUT2D eigenvalue weighted by molar-refractivity contribution is 5.67. The predicted molar refractivity (Wildman–Crippen MR) is 74.8 cm³/mol. The van der Waals surface area contributed by atoms with Crippen molar-refractivity contribution < 1.29 is 14.6 Å². The van der Waals surface area contributed by atoms with Gasteiger partial charge in [0.25, 0.3) is 5.56 Å². The number of nitrogens with one attached hydrogen (secondary N) is 1. The van der Waals surface area contributed by atoms with E-state index in [2.05, 4.69) is 9.97 Å². The molecule has 6 heteroatoms. The van der Waals surface area contributed by atoms with E-state index in [0.717, 1.165) is 0 Å². The van der Waals surface area contributed by atoms with Crippen molar-refractivity contribution in [3.8, 4) is 0 Å². The van der Waals surface area contributed by atoms with Crippen molar-refractivity contribution in [2.24, 2.45) is 0 Å². The first kappa shape index (κ1) is 16.4. The van der Waals surface area contributed by atoms with Crippen LogP contribution in [0.4, 0.5) is 0 Å². The lowest BCUT2D eigenvalue weighted by Crippen LogP contribution is -2.33. The highest BCUT2D eigenvalue weighted by atomic mass is 16.5. The zero-order valence-corrected chi connectivity index (χ0v) is 12.4. The minimum absolute atomic E-state index is 0.0814. The molecule has 0 amide bonds. The number of aliphatic carboxylic acids is 1. The molecule has 0 unspecified atom stereocenters. The molecule has 0 saturated heterocycles. The van der Waals surface area contributed by atoms with E-state index in [1.165, 1.54) is 0 Å². The van der Waals surface area contributed by atoms with E-state index in [-0.39, 0.29) is 18.4 Å². The predicted octanol–water partition coefficient (Wildman–Crippen LogP) is 1.76. The van der Waals surface area contributed by atoms with Gasteiger partial charge in [-0.2, -0.15) is 0 Å². The highest BCUT2D eigenvalue weighted by Crippen LogP contribution is 2.29. The SMILES string of the molecule is CCC(CC)(OC)c1nc(C)c(CCC(=O)O)c(=O)[nH]1. The topological polar surface area (TPSA) is 92.3 Å². The van der Waals surface area contributed by atoms with Gasteiger partial charge < -0.3 is 14.8 Å². The Hall–Kier alpha value is -1.69. The lowest BCUT2D eigenvalue weighted by Gasteiger charge is -2.29. The first-order valence-corrected chi connectivity index (χ1v) is 6.77. The maximum absolute atomic E-state index is 12.1. The summed E-state index contributed by atoms with van der Waals surface area (Å²) < 4.78 is 5.54. The second-order valence-electron chi connectivity index (χ2n) is 4.78. The summed E-state index contributed by atoms with van der Waals surface area (Å²) in [6.45, 7) is 5.67. The molecule has 0 aliphatic rings. The molecule has 0 bridgehead atoms. The summed E-state index contributed by atoms with van der Waals surface area (Å²) in [5, 5.41) is 8.70. The molecule has 0 aliphatic heterocycles. The summed E-state index contributed by atoms with van der Waals surface area (Å²) in [7, 11) is 1.60. The molecule has 1 aromatic heterocycles. The van der Waals surface area contributed by atoms with Gasteiger partial charge >= 0.3 is 5.97 Å². The second-order valence-corrected chi connectivity index (χ2v) is 4.78. The van der Waals surface area contributed by atoms with Gasteiger partial charge in [0.2, 0.25) is 0 Å². The number of carboxylic acids is 1. The van der Waals surface area contributed by atoms with Gasteiger partial charge in [-0.15, -0.1) is 0 Å². The Bertz CT molecular complexity index is 524. The Morgan fingerprint density at radius 2 is 2.00 bits per heavy atom. The third-order valence-electron chi connectivity index (χ3n) is 3.78. The third kappa shape index (κ3) is 3.25. The summed E-state index contributed by atoms with van der Waals surface area (Å²) in [6, 6.07) is 0. The third-order valence-corrected chi connectivity index (χ3v) is 3.78. The first-order chi connectivity index (χ1) is 9.40. The minimum atomic E-state index is -0.929. The number of methoxy groups -OCH3 is 1. The number of hydrogen-bond acceptors (Lipinski definition) is 4. The minimum Gasteiger partial charge on any atom is -0.481 e. The number of hydrogen-bond donors (Lipinski definition) is 2. The van der Waals surface area contributed by atoms with Crippen LogP contribution < -0.4 is 5.56 Å². The van der Waals surface area contributed by atoms with Gasteiger partial charge in [-0.05, 0) is 26.2 Å². The molecule has 20 heavy (non-hydrogen) atoms. The van der Waals surface area contributed by atoms with Gasteiger partial charge in [-0.1, -0.05) is 13.8 Å². The molecule has 0 atom stereocenters. The molecular formula is C14H22N2O4. The van der Waals surface area contributed by atoms with Crippen LogP contribution in [0.1, 0.15) is 50.2 Å². The number of H-pyrrole nitrogens is 1. The van der Waals surface area contributed by atoms with Crippen molar-refractivity contribution in [3.05, 3.63) is 27.4 Å².